The maximum absolute atomic E-state index is 12.2. The van der Waals surface area contributed by atoms with Gasteiger partial charge in [-0.05, 0) is 26.7 Å². The van der Waals surface area contributed by atoms with Gasteiger partial charge >= 0.3 is 5.97 Å². The Morgan fingerprint density at radius 1 is 1.28 bits per heavy atom. The molecule has 0 saturated heterocycles. The fourth-order valence-electron chi connectivity index (χ4n) is 2.39. The van der Waals surface area contributed by atoms with E-state index >= 15 is 0 Å². The quantitative estimate of drug-likeness (QED) is 0.750. The van der Waals surface area contributed by atoms with Gasteiger partial charge in [-0.1, -0.05) is 12.8 Å². The molecule has 0 spiro atoms. The van der Waals surface area contributed by atoms with E-state index in [0.29, 0.717) is 6.54 Å². The number of carboxylic acid groups (broad SMARTS) is 1. The molecule has 0 radical (unpaired) electrons. The molecule has 18 heavy (non-hydrogen) atoms. The van der Waals surface area contributed by atoms with Gasteiger partial charge in [0, 0.05) is 19.0 Å². The van der Waals surface area contributed by atoms with Crippen LogP contribution in [0.3, 0.4) is 0 Å². The van der Waals surface area contributed by atoms with Crippen LogP contribution in [0, 0.1) is 5.41 Å². The van der Waals surface area contributed by atoms with Gasteiger partial charge in [-0.2, -0.15) is 0 Å². The van der Waals surface area contributed by atoms with Gasteiger partial charge in [-0.25, -0.2) is 0 Å². The molecule has 0 unspecified atom stereocenters. The molecule has 1 aliphatic rings. The monoisotopic (exact) mass is 257 g/mol. The van der Waals surface area contributed by atoms with E-state index in [-0.39, 0.29) is 25.0 Å². The summed E-state index contributed by atoms with van der Waals surface area (Å²) in [6, 6.07) is 0.175. The van der Waals surface area contributed by atoms with Crippen molar-refractivity contribution in [3.05, 3.63) is 0 Å². The minimum absolute atomic E-state index is 0.0150. The van der Waals surface area contributed by atoms with Crippen molar-refractivity contribution in [1.82, 2.24) is 4.90 Å². The van der Waals surface area contributed by atoms with Crippen LogP contribution in [0.4, 0.5) is 0 Å². The summed E-state index contributed by atoms with van der Waals surface area (Å²) >= 11 is 0. The predicted octanol–water partition coefficient (Wildman–Crippen LogP) is 1.25. The normalized spacial score (nSPS) is 16.8. The van der Waals surface area contributed by atoms with Crippen molar-refractivity contribution in [2.75, 3.05) is 13.2 Å². The van der Waals surface area contributed by atoms with Gasteiger partial charge in [0.25, 0.3) is 0 Å². The summed E-state index contributed by atoms with van der Waals surface area (Å²) in [7, 11) is 0. The maximum Gasteiger partial charge on any atom is 0.309 e. The van der Waals surface area contributed by atoms with Crippen LogP contribution in [0.2, 0.25) is 0 Å². The smallest absolute Gasteiger partial charge is 0.309 e. The Labute approximate surface area is 108 Å². The van der Waals surface area contributed by atoms with E-state index in [4.69, 9.17) is 10.2 Å². The fourth-order valence-corrected chi connectivity index (χ4v) is 2.39. The molecular weight excluding hydrogens is 234 g/mol. The molecule has 1 amide bonds. The van der Waals surface area contributed by atoms with Crippen LogP contribution in [0.25, 0.3) is 0 Å². The van der Waals surface area contributed by atoms with Crippen LogP contribution < -0.4 is 0 Å². The SMILES string of the molecule is CC(C)(CC(=O)N(CCO)C1CCCC1)C(=O)O. The van der Waals surface area contributed by atoms with Crippen LogP contribution in [0.1, 0.15) is 46.0 Å². The van der Waals surface area contributed by atoms with Gasteiger partial charge in [0.2, 0.25) is 5.91 Å². The standard InChI is InChI=1S/C13H23NO4/c1-13(2,12(17)18)9-11(16)14(7-8-15)10-5-3-4-6-10/h10,15H,3-9H2,1-2H3,(H,17,18). The molecule has 5 nitrogen and oxygen atoms in total. The Morgan fingerprint density at radius 2 is 1.83 bits per heavy atom. The zero-order valence-corrected chi connectivity index (χ0v) is 11.2. The summed E-state index contributed by atoms with van der Waals surface area (Å²) in [5, 5.41) is 18.1. The molecule has 2 N–H and O–H groups in total. The lowest BCUT2D eigenvalue weighted by Gasteiger charge is -2.31. The van der Waals surface area contributed by atoms with E-state index in [9.17, 15) is 9.59 Å². The summed E-state index contributed by atoms with van der Waals surface area (Å²) in [6.45, 7) is 3.34. The molecule has 0 bridgehead atoms. The van der Waals surface area contributed by atoms with Gasteiger partial charge in [0.1, 0.15) is 0 Å². The van der Waals surface area contributed by atoms with Crippen molar-refractivity contribution in [3.63, 3.8) is 0 Å². The highest BCUT2D eigenvalue weighted by atomic mass is 16.4. The predicted molar refractivity (Wildman–Crippen MR) is 67.1 cm³/mol. The zero-order chi connectivity index (χ0) is 13.8. The lowest BCUT2D eigenvalue weighted by atomic mass is 9.88. The molecule has 0 atom stereocenters. The van der Waals surface area contributed by atoms with Crippen molar-refractivity contribution in [3.8, 4) is 0 Å². The van der Waals surface area contributed by atoms with Crippen molar-refractivity contribution in [2.24, 2.45) is 5.41 Å². The molecular formula is C13H23NO4. The fraction of sp³-hybridized carbons (Fsp3) is 0.846. The summed E-state index contributed by atoms with van der Waals surface area (Å²) < 4.78 is 0. The lowest BCUT2D eigenvalue weighted by Crippen LogP contribution is -2.43. The first-order valence-electron chi connectivity index (χ1n) is 6.52. The van der Waals surface area contributed by atoms with Crippen molar-refractivity contribution >= 4 is 11.9 Å². The van der Waals surface area contributed by atoms with E-state index in [1.165, 1.54) is 0 Å². The Kier molecular flexibility index (Phi) is 5.14. The number of carbonyl (C=O) groups is 2. The first-order chi connectivity index (χ1) is 8.38. The number of hydrogen-bond donors (Lipinski definition) is 2. The molecule has 1 aliphatic carbocycles. The second kappa shape index (κ2) is 6.18. The molecule has 0 aromatic carbocycles. The summed E-state index contributed by atoms with van der Waals surface area (Å²) in [4.78, 5) is 24.9. The third-order valence-corrected chi connectivity index (χ3v) is 3.60. The average Bonchev–Trinajstić information content (AvgIpc) is 2.77. The molecule has 5 heteroatoms. The zero-order valence-electron chi connectivity index (χ0n) is 11.2. The molecule has 1 saturated carbocycles. The molecule has 104 valence electrons. The number of aliphatic hydroxyl groups excluding tert-OH is 1. The Bertz CT molecular complexity index is 308. The minimum Gasteiger partial charge on any atom is -0.481 e. The minimum atomic E-state index is -1.05. The molecule has 1 rings (SSSR count). The molecule has 0 heterocycles. The van der Waals surface area contributed by atoms with Gasteiger partial charge in [-0.3, -0.25) is 9.59 Å². The van der Waals surface area contributed by atoms with Crippen molar-refractivity contribution in [1.29, 1.82) is 0 Å². The number of carboxylic acids is 1. The Hall–Kier alpha value is -1.10. The summed E-state index contributed by atoms with van der Waals surface area (Å²) in [5.74, 6) is -1.13. The van der Waals surface area contributed by atoms with Gasteiger partial charge in [-0.15, -0.1) is 0 Å². The second-order valence-corrected chi connectivity index (χ2v) is 5.61. The highest BCUT2D eigenvalue weighted by molar-refractivity contribution is 5.84. The van der Waals surface area contributed by atoms with Gasteiger partial charge in [0.05, 0.1) is 12.0 Å². The van der Waals surface area contributed by atoms with Crippen LogP contribution in [0.5, 0.6) is 0 Å². The second-order valence-electron chi connectivity index (χ2n) is 5.61. The molecule has 0 aliphatic heterocycles. The average molecular weight is 257 g/mol. The van der Waals surface area contributed by atoms with E-state index in [1.807, 2.05) is 0 Å². The highest BCUT2D eigenvalue weighted by Crippen LogP contribution is 2.27. The van der Waals surface area contributed by atoms with E-state index in [2.05, 4.69) is 0 Å². The highest BCUT2D eigenvalue weighted by Gasteiger charge is 2.34. The number of rotatable bonds is 6. The summed E-state index contributed by atoms with van der Waals surface area (Å²) in [6.07, 6.45) is 4.10. The van der Waals surface area contributed by atoms with Crippen LogP contribution >= 0.6 is 0 Å². The number of nitrogens with zero attached hydrogens (tertiary/aromatic N) is 1. The third-order valence-electron chi connectivity index (χ3n) is 3.60. The number of carbonyl (C=O) groups excluding carboxylic acids is 1. The molecule has 0 aromatic heterocycles. The van der Waals surface area contributed by atoms with E-state index in [0.717, 1.165) is 25.7 Å². The first-order valence-corrected chi connectivity index (χ1v) is 6.52. The first kappa shape index (κ1) is 15.0. The largest absolute Gasteiger partial charge is 0.481 e. The Balaban J connectivity index is 2.67. The maximum atomic E-state index is 12.2. The lowest BCUT2D eigenvalue weighted by molar-refractivity contribution is -0.152. The Morgan fingerprint density at radius 3 is 2.28 bits per heavy atom. The number of amides is 1. The van der Waals surface area contributed by atoms with E-state index < -0.39 is 11.4 Å². The van der Waals surface area contributed by atoms with Crippen molar-refractivity contribution < 1.29 is 19.8 Å². The number of aliphatic hydroxyl groups is 1. The van der Waals surface area contributed by atoms with Crippen LogP contribution in [0.15, 0.2) is 0 Å². The van der Waals surface area contributed by atoms with Crippen LogP contribution in [-0.4, -0.2) is 46.2 Å². The van der Waals surface area contributed by atoms with Crippen LogP contribution in [-0.2, 0) is 9.59 Å². The molecule has 0 aromatic rings. The molecule has 1 fully saturated rings. The number of aliphatic carboxylic acids is 1. The summed E-state index contributed by atoms with van der Waals surface area (Å²) in [5.41, 5.74) is -1.05. The van der Waals surface area contributed by atoms with E-state index in [1.54, 1.807) is 18.7 Å². The number of hydrogen-bond acceptors (Lipinski definition) is 3. The topological polar surface area (TPSA) is 77.8 Å². The van der Waals surface area contributed by atoms with Crippen molar-refractivity contribution in [2.45, 2.75) is 52.0 Å². The van der Waals surface area contributed by atoms with Gasteiger partial charge < -0.3 is 15.1 Å². The van der Waals surface area contributed by atoms with Gasteiger partial charge in [0.15, 0.2) is 0 Å². The third kappa shape index (κ3) is 3.70.